The number of ketones is 2. The van der Waals surface area contributed by atoms with Gasteiger partial charge in [-0.25, -0.2) is 4.79 Å². The van der Waals surface area contributed by atoms with Gasteiger partial charge >= 0.3 is 6.03 Å². The zero-order chi connectivity index (χ0) is 33.3. The lowest BCUT2D eigenvalue weighted by Crippen LogP contribution is -2.46. The highest BCUT2D eigenvalue weighted by Gasteiger charge is 2.29. The Morgan fingerprint density at radius 2 is 1.33 bits per heavy atom. The summed E-state index contributed by atoms with van der Waals surface area (Å²) in [5.41, 5.74) is 7.19. The van der Waals surface area contributed by atoms with Crippen LogP contribution in [0.4, 0.5) is 4.79 Å². The zero-order valence-corrected chi connectivity index (χ0v) is 27.6. The molecule has 0 spiro atoms. The van der Waals surface area contributed by atoms with Crippen molar-refractivity contribution in [3.8, 4) is 0 Å². The minimum atomic E-state index is -0.752. The van der Waals surface area contributed by atoms with Crippen molar-refractivity contribution in [3.63, 3.8) is 0 Å². The summed E-state index contributed by atoms with van der Waals surface area (Å²) >= 11 is 0. The molecule has 4 N–H and O–H groups in total. The molecule has 0 bridgehead atoms. The fraction of sp³-hybridized carbons (Fsp3) is 0.697. The van der Waals surface area contributed by atoms with E-state index in [1.165, 1.54) is 5.56 Å². The monoisotopic (exact) mass is 637 g/mol. The molecule has 1 rings (SSSR count). The second kappa shape index (κ2) is 25.3. The first-order valence-electron chi connectivity index (χ1n) is 15.9. The fourth-order valence-electron chi connectivity index (χ4n) is 4.40. The number of benzene rings is 1. The topological polar surface area (TPSA) is 165 Å². The van der Waals surface area contributed by atoms with Crippen LogP contribution in [0.3, 0.4) is 0 Å². The maximum absolute atomic E-state index is 13.3. The lowest BCUT2D eigenvalue weighted by Gasteiger charge is -2.24. The van der Waals surface area contributed by atoms with Crippen LogP contribution in [0.25, 0.3) is 0 Å². The predicted molar refractivity (Wildman–Crippen MR) is 171 cm³/mol. The van der Waals surface area contributed by atoms with Crippen LogP contribution >= 0.6 is 0 Å². The first-order chi connectivity index (χ1) is 21.7. The van der Waals surface area contributed by atoms with Gasteiger partial charge in [-0.1, -0.05) is 45.0 Å². The van der Waals surface area contributed by atoms with Gasteiger partial charge in [0, 0.05) is 38.8 Å². The molecule has 256 valence electrons. The van der Waals surface area contributed by atoms with E-state index in [-0.39, 0.29) is 55.8 Å². The van der Waals surface area contributed by atoms with Crippen LogP contribution in [-0.2, 0) is 50.9 Å². The molecule has 0 aliphatic carbocycles. The Morgan fingerprint density at radius 3 is 1.84 bits per heavy atom. The molecule has 0 aliphatic rings. The van der Waals surface area contributed by atoms with Crippen molar-refractivity contribution in [3.05, 3.63) is 35.4 Å². The third-order valence-electron chi connectivity index (χ3n) is 7.15. The maximum atomic E-state index is 13.3. The van der Waals surface area contributed by atoms with Gasteiger partial charge in [-0.3, -0.25) is 14.4 Å². The average Bonchev–Trinajstić information content (AvgIpc) is 3.01. The second-order valence-corrected chi connectivity index (χ2v) is 11.1. The van der Waals surface area contributed by atoms with E-state index in [0.717, 1.165) is 12.0 Å². The number of rotatable bonds is 28. The highest BCUT2D eigenvalue weighted by molar-refractivity contribution is 5.92. The normalized spacial score (nSPS) is 12.6. The Balaban J connectivity index is 2.47. The fourth-order valence-corrected chi connectivity index (χ4v) is 4.40. The van der Waals surface area contributed by atoms with Gasteiger partial charge in [0.2, 0.25) is 5.91 Å². The number of nitrogens with one attached hydrogen (secondary N) is 2. The van der Waals surface area contributed by atoms with Gasteiger partial charge in [0.1, 0.15) is 5.78 Å². The van der Waals surface area contributed by atoms with Crippen molar-refractivity contribution in [2.24, 2.45) is 17.6 Å². The summed E-state index contributed by atoms with van der Waals surface area (Å²) in [5.74, 6) is -1.26. The molecular formula is C33H55N3O9. The number of methoxy groups -OCH3 is 1. The van der Waals surface area contributed by atoms with Crippen molar-refractivity contribution in [1.29, 1.82) is 0 Å². The number of aryl methyl sites for hydroxylation is 1. The summed E-state index contributed by atoms with van der Waals surface area (Å²) in [6.07, 6.45) is 2.09. The lowest BCUT2D eigenvalue weighted by molar-refractivity contribution is -0.134. The molecule has 0 unspecified atom stereocenters. The van der Waals surface area contributed by atoms with Crippen molar-refractivity contribution in [2.45, 2.75) is 65.3 Å². The number of urea groups is 1. The van der Waals surface area contributed by atoms with Crippen LogP contribution < -0.4 is 16.4 Å². The van der Waals surface area contributed by atoms with Crippen molar-refractivity contribution < 1.29 is 42.9 Å². The number of carbonyl (C=O) groups is 4. The number of primary amides is 1. The van der Waals surface area contributed by atoms with Crippen molar-refractivity contribution in [1.82, 2.24) is 10.6 Å². The third kappa shape index (κ3) is 20.0. The number of amides is 3. The van der Waals surface area contributed by atoms with Gasteiger partial charge in [-0.05, 0) is 36.3 Å². The van der Waals surface area contributed by atoms with E-state index in [1.54, 1.807) is 7.11 Å². The van der Waals surface area contributed by atoms with Crippen molar-refractivity contribution in [2.75, 3.05) is 73.1 Å². The molecule has 0 saturated carbocycles. The van der Waals surface area contributed by atoms with Crippen LogP contribution in [0.1, 0.15) is 57.6 Å². The highest BCUT2D eigenvalue weighted by Crippen LogP contribution is 2.18. The molecule has 0 aromatic heterocycles. The van der Waals surface area contributed by atoms with E-state index in [0.29, 0.717) is 65.7 Å². The Hall–Kier alpha value is -2.90. The van der Waals surface area contributed by atoms with E-state index in [1.807, 2.05) is 38.1 Å². The number of carbonyl (C=O) groups excluding carboxylic acids is 4. The SMILES string of the molecule is CCc1ccc(CC(=O)[C@H](CCCNC(N)=O)NC(=O)[C@@H](CC(=O)CCOCCOCCOCCOCCOC)C(C)C)cc1. The molecule has 1 aromatic carbocycles. The number of nitrogens with two attached hydrogens (primary N) is 1. The van der Waals surface area contributed by atoms with Crippen LogP contribution in [-0.4, -0.2) is 103 Å². The first kappa shape index (κ1) is 40.1. The van der Waals surface area contributed by atoms with E-state index in [2.05, 4.69) is 17.6 Å². The quantitative estimate of drug-likeness (QED) is 0.117. The standard InChI is InChI=1S/C33H55N3O9/c1-5-26-8-10-27(11-9-26)23-31(38)30(7-6-13-35-33(34)40)36-32(39)29(25(2)3)24-28(37)12-14-42-17-18-44-21-22-45-20-19-43-16-15-41-4/h8-11,25,29-30H,5-7,12-24H2,1-4H3,(H,36,39)(H3,34,35,40)/t29-,30-/m0/s1. The molecule has 12 heteroatoms. The van der Waals surface area contributed by atoms with E-state index in [4.69, 9.17) is 29.4 Å². The first-order valence-corrected chi connectivity index (χ1v) is 15.9. The lowest BCUT2D eigenvalue weighted by atomic mass is 9.88. The molecule has 0 fully saturated rings. The maximum Gasteiger partial charge on any atom is 0.312 e. The summed E-state index contributed by atoms with van der Waals surface area (Å²) in [6.45, 7) is 10.0. The molecule has 0 saturated heterocycles. The summed E-state index contributed by atoms with van der Waals surface area (Å²) in [7, 11) is 1.62. The molecule has 3 amide bonds. The molecule has 12 nitrogen and oxygen atoms in total. The summed E-state index contributed by atoms with van der Waals surface area (Å²) in [4.78, 5) is 50.4. The van der Waals surface area contributed by atoms with Crippen LogP contribution in [0, 0.1) is 11.8 Å². The molecule has 0 radical (unpaired) electrons. The average molecular weight is 638 g/mol. The second-order valence-electron chi connectivity index (χ2n) is 11.1. The van der Waals surface area contributed by atoms with Crippen LogP contribution in [0.2, 0.25) is 0 Å². The number of hydrogen-bond acceptors (Lipinski definition) is 9. The van der Waals surface area contributed by atoms with Gasteiger partial charge < -0.3 is 40.1 Å². The van der Waals surface area contributed by atoms with E-state index >= 15 is 0 Å². The molecule has 0 heterocycles. The Morgan fingerprint density at radius 1 is 0.800 bits per heavy atom. The number of ether oxygens (including phenoxy) is 5. The summed E-state index contributed by atoms with van der Waals surface area (Å²) < 4.78 is 26.6. The van der Waals surface area contributed by atoms with Crippen LogP contribution in [0.5, 0.6) is 0 Å². The third-order valence-corrected chi connectivity index (χ3v) is 7.15. The van der Waals surface area contributed by atoms with Gasteiger partial charge in [0.25, 0.3) is 0 Å². The van der Waals surface area contributed by atoms with Crippen molar-refractivity contribution >= 4 is 23.5 Å². The van der Waals surface area contributed by atoms with Gasteiger partial charge in [0.05, 0.1) is 65.5 Å². The number of Topliss-reactive ketones (excluding diaryl/α,β-unsaturated/α-hetero) is 2. The van der Waals surface area contributed by atoms with Gasteiger partial charge in [-0.2, -0.15) is 0 Å². The Labute approximate surface area is 268 Å². The molecule has 45 heavy (non-hydrogen) atoms. The zero-order valence-electron chi connectivity index (χ0n) is 27.6. The van der Waals surface area contributed by atoms with E-state index < -0.39 is 18.0 Å². The smallest absolute Gasteiger partial charge is 0.312 e. The van der Waals surface area contributed by atoms with Crippen LogP contribution in [0.15, 0.2) is 24.3 Å². The number of hydrogen-bond donors (Lipinski definition) is 3. The highest BCUT2D eigenvalue weighted by atomic mass is 16.6. The van der Waals surface area contributed by atoms with E-state index in [9.17, 15) is 19.2 Å². The molecule has 0 aliphatic heterocycles. The van der Waals surface area contributed by atoms with Gasteiger partial charge in [-0.15, -0.1) is 0 Å². The predicted octanol–water partition coefficient (Wildman–Crippen LogP) is 2.63. The molecule has 1 aromatic rings. The largest absolute Gasteiger partial charge is 0.382 e. The summed E-state index contributed by atoms with van der Waals surface area (Å²) in [5, 5.41) is 5.41. The minimum Gasteiger partial charge on any atom is -0.382 e. The Kier molecular flexibility index (Phi) is 22.6. The minimum absolute atomic E-state index is 0.0541. The molecule has 2 atom stereocenters. The molecular weight excluding hydrogens is 582 g/mol. The Bertz CT molecular complexity index is 973. The van der Waals surface area contributed by atoms with Gasteiger partial charge in [0.15, 0.2) is 5.78 Å². The summed E-state index contributed by atoms with van der Waals surface area (Å²) in [6, 6.07) is 6.43.